The molecule has 0 spiro atoms. The van der Waals surface area contributed by atoms with Crippen LogP contribution < -0.4 is 10.2 Å². The van der Waals surface area contributed by atoms with Gasteiger partial charge in [0.05, 0.1) is 0 Å². The van der Waals surface area contributed by atoms with Crippen LogP contribution in [0, 0.1) is 0 Å². The molecule has 2 N–H and O–H groups in total. The minimum atomic E-state index is -1.20. The molecule has 1 amide bonds. The molecule has 0 aliphatic carbocycles. The van der Waals surface area contributed by atoms with Crippen molar-refractivity contribution >= 4 is 29.0 Å². The normalized spacial score (nSPS) is 21.4. The molecule has 2 aliphatic rings. The van der Waals surface area contributed by atoms with Gasteiger partial charge < -0.3 is 15.3 Å². The summed E-state index contributed by atoms with van der Waals surface area (Å²) in [5, 5.41) is 13.4. The van der Waals surface area contributed by atoms with Crippen molar-refractivity contribution in [2.75, 3.05) is 34.8 Å². The number of amides is 1. The Morgan fingerprint density at radius 2 is 1.91 bits per heavy atom. The zero-order valence-electron chi connectivity index (χ0n) is 12.9. The molecule has 120 valence electrons. The molecule has 22 heavy (non-hydrogen) atoms. The molecular weight excluding hydrogens is 296 g/mol. The second-order valence-corrected chi connectivity index (χ2v) is 7.42. The van der Waals surface area contributed by atoms with E-state index in [4.69, 9.17) is 0 Å². The standard InChI is InChI=1S/C17H24N2O2S/c20-16(17(21)7-11-22-12-8-17)18-14-5-4-6-15(13-14)19-9-2-1-3-10-19/h4-6,13,21H,1-3,7-12H2,(H,18,20). The summed E-state index contributed by atoms with van der Waals surface area (Å²) in [6.07, 6.45) is 4.84. The molecule has 1 aromatic carbocycles. The third-order valence-electron chi connectivity index (χ3n) is 4.57. The number of carbonyl (C=O) groups is 1. The van der Waals surface area contributed by atoms with Crippen molar-refractivity contribution in [3.63, 3.8) is 0 Å². The lowest BCUT2D eigenvalue weighted by Crippen LogP contribution is -2.45. The number of thioether (sulfide) groups is 1. The first-order valence-electron chi connectivity index (χ1n) is 8.14. The monoisotopic (exact) mass is 320 g/mol. The van der Waals surface area contributed by atoms with E-state index in [9.17, 15) is 9.90 Å². The molecular formula is C17H24N2O2S. The number of hydrogen-bond donors (Lipinski definition) is 2. The Balaban J connectivity index is 1.68. The number of nitrogens with zero attached hydrogens (tertiary/aromatic N) is 1. The summed E-state index contributed by atoms with van der Waals surface area (Å²) in [5.41, 5.74) is 0.732. The van der Waals surface area contributed by atoms with Gasteiger partial charge in [0.15, 0.2) is 0 Å². The molecule has 2 aliphatic heterocycles. The van der Waals surface area contributed by atoms with E-state index in [0.29, 0.717) is 12.8 Å². The zero-order valence-corrected chi connectivity index (χ0v) is 13.7. The fraction of sp³-hybridized carbons (Fsp3) is 0.588. The van der Waals surface area contributed by atoms with Gasteiger partial charge in [0.1, 0.15) is 5.60 Å². The molecule has 2 fully saturated rings. The summed E-state index contributed by atoms with van der Waals surface area (Å²) in [6.45, 7) is 2.16. The zero-order chi connectivity index (χ0) is 15.4. The third kappa shape index (κ3) is 3.58. The van der Waals surface area contributed by atoms with E-state index in [-0.39, 0.29) is 5.91 Å². The van der Waals surface area contributed by atoms with Crippen LogP contribution in [0.3, 0.4) is 0 Å². The minimum absolute atomic E-state index is 0.261. The lowest BCUT2D eigenvalue weighted by atomic mass is 9.95. The smallest absolute Gasteiger partial charge is 0.256 e. The van der Waals surface area contributed by atoms with E-state index >= 15 is 0 Å². The SMILES string of the molecule is O=C(Nc1cccc(N2CCCCC2)c1)C1(O)CCSCC1. The lowest BCUT2D eigenvalue weighted by Gasteiger charge is -2.31. The molecule has 0 unspecified atom stereocenters. The average molecular weight is 320 g/mol. The van der Waals surface area contributed by atoms with Crippen LogP contribution in [0.2, 0.25) is 0 Å². The highest BCUT2D eigenvalue weighted by molar-refractivity contribution is 7.99. The molecule has 2 saturated heterocycles. The van der Waals surface area contributed by atoms with Crippen LogP contribution in [0.15, 0.2) is 24.3 Å². The molecule has 1 aromatic rings. The number of carbonyl (C=O) groups excluding carboxylic acids is 1. The van der Waals surface area contributed by atoms with E-state index in [1.54, 1.807) is 11.8 Å². The van der Waals surface area contributed by atoms with Crippen molar-refractivity contribution in [3.05, 3.63) is 24.3 Å². The summed E-state index contributed by atoms with van der Waals surface area (Å²) < 4.78 is 0. The van der Waals surface area contributed by atoms with Crippen molar-refractivity contribution < 1.29 is 9.90 Å². The molecule has 0 aromatic heterocycles. The summed E-state index contributed by atoms with van der Waals surface area (Å²) in [5.74, 6) is 1.43. The minimum Gasteiger partial charge on any atom is -0.380 e. The quantitative estimate of drug-likeness (QED) is 0.899. The molecule has 0 bridgehead atoms. The van der Waals surface area contributed by atoms with Gasteiger partial charge in [-0.2, -0.15) is 11.8 Å². The van der Waals surface area contributed by atoms with E-state index in [2.05, 4.69) is 16.3 Å². The Hall–Kier alpha value is -1.20. The van der Waals surface area contributed by atoms with Gasteiger partial charge in [0, 0.05) is 24.5 Å². The van der Waals surface area contributed by atoms with Crippen LogP contribution in [-0.4, -0.2) is 41.2 Å². The first-order valence-corrected chi connectivity index (χ1v) is 9.29. The molecule has 2 heterocycles. The van der Waals surface area contributed by atoms with E-state index in [0.717, 1.165) is 36.0 Å². The van der Waals surface area contributed by atoms with E-state index in [1.165, 1.54) is 19.3 Å². The molecule has 4 nitrogen and oxygen atoms in total. The number of benzene rings is 1. The predicted molar refractivity (Wildman–Crippen MR) is 92.6 cm³/mol. The average Bonchev–Trinajstić information content (AvgIpc) is 2.56. The van der Waals surface area contributed by atoms with Crippen LogP contribution in [0.4, 0.5) is 11.4 Å². The highest BCUT2D eigenvalue weighted by atomic mass is 32.2. The largest absolute Gasteiger partial charge is 0.380 e. The maximum Gasteiger partial charge on any atom is 0.256 e. The Morgan fingerprint density at radius 3 is 2.64 bits per heavy atom. The number of rotatable bonds is 3. The number of piperidine rings is 1. The van der Waals surface area contributed by atoms with Gasteiger partial charge in [-0.1, -0.05) is 6.07 Å². The van der Waals surface area contributed by atoms with Gasteiger partial charge in [-0.05, 0) is 61.8 Å². The van der Waals surface area contributed by atoms with Gasteiger partial charge in [-0.25, -0.2) is 0 Å². The topological polar surface area (TPSA) is 52.6 Å². The van der Waals surface area contributed by atoms with Gasteiger partial charge in [-0.3, -0.25) is 4.79 Å². The van der Waals surface area contributed by atoms with E-state index < -0.39 is 5.60 Å². The molecule has 0 radical (unpaired) electrons. The van der Waals surface area contributed by atoms with Crippen LogP contribution in [0.1, 0.15) is 32.1 Å². The first-order chi connectivity index (χ1) is 10.7. The summed E-state index contributed by atoms with van der Waals surface area (Å²) in [6, 6.07) is 7.98. The lowest BCUT2D eigenvalue weighted by molar-refractivity contribution is -0.134. The highest BCUT2D eigenvalue weighted by Gasteiger charge is 2.37. The Labute approximate surface area is 136 Å². The molecule has 3 rings (SSSR count). The molecule has 5 heteroatoms. The molecule has 0 atom stereocenters. The van der Waals surface area contributed by atoms with Crippen molar-refractivity contribution in [1.29, 1.82) is 0 Å². The highest BCUT2D eigenvalue weighted by Crippen LogP contribution is 2.29. The maximum atomic E-state index is 12.4. The summed E-state index contributed by atoms with van der Waals surface area (Å²) >= 11 is 1.80. The first kappa shape index (κ1) is 15.7. The van der Waals surface area contributed by atoms with Crippen LogP contribution in [0.25, 0.3) is 0 Å². The van der Waals surface area contributed by atoms with Crippen LogP contribution in [-0.2, 0) is 4.79 Å². The van der Waals surface area contributed by atoms with Crippen molar-refractivity contribution in [2.24, 2.45) is 0 Å². The molecule has 0 saturated carbocycles. The van der Waals surface area contributed by atoms with Gasteiger partial charge in [-0.15, -0.1) is 0 Å². The maximum absolute atomic E-state index is 12.4. The summed E-state index contributed by atoms with van der Waals surface area (Å²) in [7, 11) is 0. The second kappa shape index (κ2) is 6.92. The van der Waals surface area contributed by atoms with Crippen molar-refractivity contribution in [1.82, 2.24) is 0 Å². The Morgan fingerprint density at radius 1 is 1.18 bits per heavy atom. The van der Waals surface area contributed by atoms with Gasteiger partial charge in [0.25, 0.3) is 5.91 Å². The number of hydrogen-bond acceptors (Lipinski definition) is 4. The fourth-order valence-corrected chi connectivity index (χ4v) is 4.28. The van der Waals surface area contributed by atoms with Crippen molar-refractivity contribution in [2.45, 2.75) is 37.7 Å². The van der Waals surface area contributed by atoms with E-state index in [1.807, 2.05) is 18.2 Å². The predicted octanol–water partition coefficient (Wildman–Crippen LogP) is 2.87. The Kier molecular flexibility index (Phi) is 4.93. The van der Waals surface area contributed by atoms with Gasteiger partial charge >= 0.3 is 0 Å². The van der Waals surface area contributed by atoms with Crippen molar-refractivity contribution in [3.8, 4) is 0 Å². The summed E-state index contributed by atoms with van der Waals surface area (Å²) in [4.78, 5) is 14.8. The van der Waals surface area contributed by atoms with Crippen LogP contribution >= 0.6 is 11.8 Å². The fourth-order valence-electron chi connectivity index (χ4n) is 3.12. The number of nitrogens with one attached hydrogen (secondary N) is 1. The van der Waals surface area contributed by atoms with Gasteiger partial charge in [0.2, 0.25) is 0 Å². The Bertz CT molecular complexity index is 523. The second-order valence-electron chi connectivity index (χ2n) is 6.20. The number of aliphatic hydroxyl groups is 1. The van der Waals surface area contributed by atoms with Crippen LogP contribution in [0.5, 0.6) is 0 Å². The number of anilines is 2. The third-order valence-corrected chi connectivity index (χ3v) is 5.55.